The SMILES string of the molecule is CO[C@H]1CN(C(=O)OCc2ccccc2)C[C@H]1N.CO[C@H]1CN(C(=O)OCc2ccccc2)C[C@H]1N=[N+]=[N-]. The maximum absolute atomic E-state index is 11.9. The summed E-state index contributed by atoms with van der Waals surface area (Å²) in [6, 6.07) is 18.5. The minimum Gasteiger partial charge on any atom is -0.445 e. The summed E-state index contributed by atoms with van der Waals surface area (Å²) in [5.74, 6) is 0. The predicted molar refractivity (Wildman–Crippen MR) is 139 cm³/mol. The Morgan fingerprint density at radius 2 is 1.32 bits per heavy atom. The summed E-state index contributed by atoms with van der Waals surface area (Å²) in [5, 5.41) is 3.63. The molecule has 12 nitrogen and oxygen atoms in total. The normalized spacial score (nSPS) is 22.2. The first-order valence-electron chi connectivity index (χ1n) is 12.2. The molecule has 2 aromatic rings. The Morgan fingerprint density at radius 3 is 1.76 bits per heavy atom. The Labute approximate surface area is 221 Å². The van der Waals surface area contributed by atoms with Crippen LogP contribution in [0.2, 0.25) is 0 Å². The lowest BCUT2D eigenvalue weighted by Gasteiger charge is -2.15. The zero-order chi connectivity index (χ0) is 27.3. The van der Waals surface area contributed by atoms with Gasteiger partial charge in [-0.05, 0) is 16.7 Å². The highest BCUT2D eigenvalue weighted by atomic mass is 16.6. The number of nitrogens with two attached hydrogens (primary N) is 1. The summed E-state index contributed by atoms with van der Waals surface area (Å²) in [4.78, 5) is 29.6. The molecule has 204 valence electrons. The van der Waals surface area contributed by atoms with Crippen LogP contribution in [0.4, 0.5) is 9.59 Å². The molecule has 0 bridgehead atoms. The second-order valence-corrected chi connectivity index (χ2v) is 8.87. The van der Waals surface area contributed by atoms with Crippen molar-refractivity contribution in [2.24, 2.45) is 10.8 Å². The van der Waals surface area contributed by atoms with E-state index in [0.717, 1.165) is 11.1 Å². The van der Waals surface area contributed by atoms with Crippen molar-refractivity contribution in [1.82, 2.24) is 9.80 Å². The average molecular weight is 527 g/mol. The predicted octanol–water partition coefficient (Wildman–Crippen LogP) is 3.31. The lowest BCUT2D eigenvalue weighted by Crippen LogP contribution is -2.34. The number of carbonyl (C=O) groups excluding carboxylic acids is 2. The lowest BCUT2D eigenvalue weighted by molar-refractivity contribution is 0.0819. The number of nitrogens with zero attached hydrogens (tertiary/aromatic N) is 5. The van der Waals surface area contributed by atoms with Gasteiger partial charge >= 0.3 is 12.2 Å². The molecule has 12 heteroatoms. The van der Waals surface area contributed by atoms with Crippen molar-refractivity contribution in [3.63, 3.8) is 0 Å². The number of amides is 2. The van der Waals surface area contributed by atoms with Crippen LogP contribution in [0, 0.1) is 0 Å². The van der Waals surface area contributed by atoms with E-state index in [4.69, 9.17) is 30.2 Å². The highest BCUT2D eigenvalue weighted by Crippen LogP contribution is 2.18. The molecule has 0 aromatic heterocycles. The van der Waals surface area contributed by atoms with Gasteiger partial charge in [0, 0.05) is 32.2 Å². The van der Waals surface area contributed by atoms with Gasteiger partial charge in [-0.2, -0.15) is 0 Å². The molecular weight excluding hydrogens is 492 g/mol. The second kappa shape index (κ2) is 14.8. The number of azide groups is 1. The van der Waals surface area contributed by atoms with E-state index in [1.54, 1.807) is 12.0 Å². The molecule has 2 saturated heterocycles. The van der Waals surface area contributed by atoms with E-state index < -0.39 is 6.09 Å². The maximum Gasteiger partial charge on any atom is 0.410 e. The highest BCUT2D eigenvalue weighted by Gasteiger charge is 2.36. The van der Waals surface area contributed by atoms with E-state index in [0.29, 0.717) is 26.2 Å². The molecule has 2 N–H and O–H groups in total. The van der Waals surface area contributed by atoms with Gasteiger partial charge in [0.1, 0.15) is 13.2 Å². The van der Waals surface area contributed by atoms with Crippen LogP contribution in [-0.2, 0) is 32.2 Å². The molecule has 0 unspecified atom stereocenters. The topological polar surface area (TPSA) is 152 Å². The van der Waals surface area contributed by atoms with Crippen molar-refractivity contribution < 1.29 is 28.5 Å². The van der Waals surface area contributed by atoms with Crippen LogP contribution in [0.15, 0.2) is 65.8 Å². The van der Waals surface area contributed by atoms with Gasteiger partial charge in [0.2, 0.25) is 0 Å². The first-order chi connectivity index (χ1) is 18.4. The molecule has 2 aliphatic rings. The fraction of sp³-hybridized carbons (Fsp3) is 0.462. The van der Waals surface area contributed by atoms with Gasteiger partial charge in [-0.25, -0.2) is 9.59 Å². The summed E-state index contributed by atoms with van der Waals surface area (Å²) >= 11 is 0. The van der Waals surface area contributed by atoms with Gasteiger partial charge in [0.05, 0.1) is 37.4 Å². The van der Waals surface area contributed by atoms with E-state index in [-0.39, 0.29) is 43.6 Å². The first-order valence-corrected chi connectivity index (χ1v) is 12.2. The molecule has 0 spiro atoms. The van der Waals surface area contributed by atoms with Gasteiger partial charge in [-0.3, -0.25) is 0 Å². The minimum absolute atomic E-state index is 0.103. The molecule has 4 rings (SSSR count). The lowest BCUT2D eigenvalue weighted by atomic mass is 10.2. The van der Waals surface area contributed by atoms with Crippen LogP contribution < -0.4 is 5.73 Å². The van der Waals surface area contributed by atoms with Crippen molar-refractivity contribution in [2.45, 2.75) is 37.5 Å². The Bertz CT molecular complexity index is 1070. The van der Waals surface area contributed by atoms with Crippen molar-refractivity contribution in [2.75, 3.05) is 40.4 Å². The Balaban J connectivity index is 0.000000212. The molecule has 2 amide bonds. The number of methoxy groups -OCH3 is 2. The van der Waals surface area contributed by atoms with Crippen molar-refractivity contribution in [3.05, 3.63) is 82.2 Å². The second-order valence-electron chi connectivity index (χ2n) is 8.87. The number of hydrogen-bond acceptors (Lipinski definition) is 8. The fourth-order valence-electron chi connectivity index (χ4n) is 4.13. The van der Waals surface area contributed by atoms with E-state index in [9.17, 15) is 9.59 Å². The van der Waals surface area contributed by atoms with Gasteiger partial charge in [-0.1, -0.05) is 65.8 Å². The van der Waals surface area contributed by atoms with E-state index in [2.05, 4.69) is 10.0 Å². The van der Waals surface area contributed by atoms with Gasteiger partial charge in [-0.15, -0.1) is 0 Å². The third-order valence-corrected chi connectivity index (χ3v) is 6.28. The summed E-state index contributed by atoms with van der Waals surface area (Å²) < 4.78 is 20.9. The molecule has 2 fully saturated rings. The number of rotatable bonds is 7. The molecular formula is C26H34N6O6. The Hall–Kier alpha value is -3.83. The van der Waals surface area contributed by atoms with Crippen molar-refractivity contribution >= 4 is 12.2 Å². The number of likely N-dealkylation sites (tertiary alicyclic amines) is 2. The van der Waals surface area contributed by atoms with Crippen LogP contribution in [0.5, 0.6) is 0 Å². The van der Waals surface area contributed by atoms with E-state index in [1.807, 2.05) is 60.7 Å². The molecule has 0 saturated carbocycles. The highest BCUT2D eigenvalue weighted by molar-refractivity contribution is 5.68. The van der Waals surface area contributed by atoms with Gasteiger partial charge in [0.15, 0.2) is 0 Å². The van der Waals surface area contributed by atoms with Crippen LogP contribution in [0.1, 0.15) is 11.1 Å². The Kier molecular flexibility index (Phi) is 11.2. The summed E-state index contributed by atoms with van der Waals surface area (Å²) in [6.07, 6.45) is -1.15. The number of hydrogen-bond donors (Lipinski definition) is 1. The van der Waals surface area contributed by atoms with Crippen LogP contribution in [0.25, 0.3) is 10.4 Å². The van der Waals surface area contributed by atoms with Crippen molar-refractivity contribution in [3.8, 4) is 0 Å². The van der Waals surface area contributed by atoms with Gasteiger partial charge < -0.3 is 34.5 Å². The molecule has 0 radical (unpaired) electrons. The monoisotopic (exact) mass is 526 g/mol. The Morgan fingerprint density at radius 1 is 0.842 bits per heavy atom. The summed E-state index contributed by atoms with van der Waals surface area (Å²) in [7, 11) is 3.13. The largest absolute Gasteiger partial charge is 0.445 e. The molecule has 2 aliphatic heterocycles. The summed E-state index contributed by atoms with van der Waals surface area (Å²) in [6.45, 7) is 2.16. The molecule has 38 heavy (non-hydrogen) atoms. The van der Waals surface area contributed by atoms with Crippen LogP contribution in [0.3, 0.4) is 0 Å². The molecule has 2 aromatic carbocycles. The zero-order valence-corrected chi connectivity index (χ0v) is 21.6. The van der Waals surface area contributed by atoms with Gasteiger partial charge in [0.25, 0.3) is 0 Å². The average Bonchev–Trinajstić information content (AvgIpc) is 3.55. The standard InChI is InChI=1S/C13H16N4O3.C13H18N2O3/c1-19-12-8-17(7-11(12)15-16-14)13(18)20-9-10-5-3-2-4-6-10;1-17-12-8-15(7-11(12)14)13(16)18-9-10-5-3-2-4-6-10/h2-6,11-12H,7-9H2,1H3;2-6,11-12H,7-9,14H2,1H3/t2*11-,12+/m11/s1. The molecule has 0 aliphatic carbocycles. The molecule has 4 atom stereocenters. The quantitative estimate of drug-likeness (QED) is 0.330. The van der Waals surface area contributed by atoms with E-state index >= 15 is 0 Å². The zero-order valence-electron chi connectivity index (χ0n) is 21.6. The fourth-order valence-corrected chi connectivity index (χ4v) is 4.13. The third kappa shape index (κ3) is 8.35. The smallest absolute Gasteiger partial charge is 0.410 e. The van der Waals surface area contributed by atoms with Crippen LogP contribution >= 0.6 is 0 Å². The maximum atomic E-state index is 11.9. The van der Waals surface area contributed by atoms with E-state index in [1.165, 1.54) is 12.0 Å². The summed E-state index contributed by atoms with van der Waals surface area (Å²) in [5.41, 5.74) is 16.2. The molecule has 2 heterocycles. The number of carbonyl (C=O) groups is 2. The minimum atomic E-state index is -0.424. The number of ether oxygens (including phenoxy) is 4. The van der Waals surface area contributed by atoms with Crippen molar-refractivity contribution in [1.29, 1.82) is 0 Å². The number of benzene rings is 2. The third-order valence-electron chi connectivity index (χ3n) is 6.28. The van der Waals surface area contributed by atoms with Crippen LogP contribution in [-0.4, -0.2) is 86.7 Å². The first kappa shape index (κ1) is 28.7.